The second-order valence-electron chi connectivity index (χ2n) is 4.76. The third-order valence-corrected chi connectivity index (χ3v) is 4.34. The van der Waals surface area contributed by atoms with E-state index in [-0.39, 0.29) is 6.54 Å². The first-order valence-electron chi connectivity index (χ1n) is 6.43. The van der Waals surface area contributed by atoms with Gasteiger partial charge in [-0.3, -0.25) is 9.69 Å². The number of rotatable bonds is 6. The summed E-state index contributed by atoms with van der Waals surface area (Å²) in [6.07, 6.45) is 3.74. The van der Waals surface area contributed by atoms with Crippen molar-refractivity contribution in [2.45, 2.75) is 31.8 Å². The molecular formula is C13H18IN3O2. The molecule has 1 aromatic rings. The third kappa shape index (κ3) is 3.79. The molecule has 1 fully saturated rings. The molecule has 0 unspecified atom stereocenters. The molecule has 0 aromatic carbocycles. The van der Waals surface area contributed by atoms with E-state index in [0.717, 1.165) is 28.8 Å². The van der Waals surface area contributed by atoms with Crippen LogP contribution in [-0.4, -0.2) is 46.1 Å². The van der Waals surface area contributed by atoms with E-state index in [0.29, 0.717) is 12.1 Å². The number of pyridine rings is 1. The van der Waals surface area contributed by atoms with Crippen molar-refractivity contribution in [3.8, 4) is 0 Å². The molecule has 1 saturated carbocycles. The van der Waals surface area contributed by atoms with Crippen LogP contribution in [-0.2, 0) is 4.79 Å². The molecule has 1 aliphatic rings. The number of aromatic nitrogens is 1. The maximum absolute atomic E-state index is 10.8. The highest BCUT2D eigenvalue weighted by Gasteiger charge is 2.34. The minimum absolute atomic E-state index is 0.134. The van der Waals surface area contributed by atoms with E-state index in [1.54, 1.807) is 6.20 Å². The first kappa shape index (κ1) is 14.5. The van der Waals surface area contributed by atoms with E-state index < -0.39 is 5.97 Å². The van der Waals surface area contributed by atoms with Gasteiger partial charge in [0.15, 0.2) is 0 Å². The first-order valence-corrected chi connectivity index (χ1v) is 7.51. The highest BCUT2D eigenvalue weighted by Crippen LogP contribution is 2.29. The van der Waals surface area contributed by atoms with Gasteiger partial charge in [-0.2, -0.15) is 0 Å². The van der Waals surface area contributed by atoms with Crippen molar-refractivity contribution in [2.75, 3.05) is 18.4 Å². The minimum atomic E-state index is -0.752. The van der Waals surface area contributed by atoms with Gasteiger partial charge in [0.1, 0.15) is 5.82 Å². The fourth-order valence-electron chi connectivity index (χ4n) is 2.36. The van der Waals surface area contributed by atoms with Crippen LogP contribution in [0.1, 0.15) is 19.8 Å². The lowest BCUT2D eigenvalue weighted by molar-refractivity contribution is -0.139. The zero-order valence-corrected chi connectivity index (χ0v) is 13.0. The number of nitrogens with zero attached hydrogens (tertiary/aromatic N) is 2. The summed E-state index contributed by atoms with van der Waals surface area (Å²) in [4.78, 5) is 17.1. The Morgan fingerprint density at radius 1 is 1.63 bits per heavy atom. The van der Waals surface area contributed by atoms with Gasteiger partial charge in [-0.15, -0.1) is 0 Å². The molecule has 0 radical (unpaired) electrons. The Balaban J connectivity index is 1.83. The van der Waals surface area contributed by atoms with Gasteiger partial charge >= 0.3 is 5.97 Å². The van der Waals surface area contributed by atoms with Crippen molar-refractivity contribution in [1.82, 2.24) is 9.88 Å². The molecule has 19 heavy (non-hydrogen) atoms. The number of carboxylic acids is 1. The van der Waals surface area contributed by atoms with E-state index in [2.05, 4.69) is 32.9 Å². The lowest BCUT2D eigenvalue weighted by Gasteiger charge is -2.42. The summed E-state index contributed by atoms with van der Waals surface area (Å²) < 4.78 is 1.11. The molecule has 1 heterocycles. The van der Waals surface area contributed by atoms with Crippen molar-refractivity contribution in [3.05, 3.63) is 21.9 Å². The minimum Gasteiger partial charge on any atom is -0.480 e. The molecule has 0 amide bonds. The zero-order chi connectivity index (χ0) is 13.8. The summed E-state index contributed by atoms with van der Waals surface area (Å²) in [7, 11) is 0. The summed E-state index contributed by atoms with van der Waals surface area (Å²) >= 11 is 2.26. The van der Waals surface area contributed by atoms with Crippen molar-refractivity contribution in [3.63, 3.8) is 0 Å². The van der Waals surface area contributed by atoms with Crippen molar-refractivity contribution in [2.24, 2.45) is 0 Å². The van der Waals surface area contributed by atoms with Crippen LogP contribution in [0.25, 0.3) is 0 Å². The number of nitrogens with one attached hydrogen (secondary N) is 1. The second-order valence-corrected chi connectivity index (χ2v) is 5.92. The fourth-order valence-corrected chi connectivity index (χ4v) is 2.86. The van der Waals surface area contributed by atoms with Crippen LogP contribution in [0.3, 0.4) is 0 Å². The predicted molar refractivity (Wildman–Crippen MR) is 82.3 cm³/mol. The molecule has 0 saturated heterocycles. The molecule has 1 aliphatic carbocycles. The van der Waals surface area contributed by atoms with Crippen LogP contribution in [0.5, 0.6) is 0 Å². The molecule has 0 atom stereocenters. The van der Waals surface area contributed by atoms with Gasteiger partial charge in [0.2, 0.25) is 0 Å². The van der Waals surface area contributed by atoms with Gasteiger partial charge in [-0.05, 0) is 54.1 Å². The first-order chi connectivity index (χ1) is 9.10. The summed E-state index contributed by atoms with van der Waals surface area (Å²) in [5.74, 6) is 0.172. The Bertz CT molecular complexity index is 449. The SMILES string of the molecule is CCN(CC(=O)O)C1CC(Nc2ncccc2I)C1. The number of hydrogen-bond acceptors (Lipinski definition) is 4. The van der Waals surface area contributed by atoms with Crippen LogP contribution in [0, 0.1) is 3.57 Å². The number of likely N-dealkylation sites (N-methyl/N-ethyl adjacent to an activating group) is 1. The van der Waals surface area contributed by atoms with Gasteiger partial charge in [-0.1, -0.05) is 6.92 Å². The molecule has 2 N–H and O–H groups in total. The normalized spacial score (nSPS) is 22.1. The molecule has 0 spiro atoms. The fraction of sp³-hybridized carbons (Fsp3) is 0.538. The molecule has 5 nitrogen and oxygen atoms in total. The van der Waals surface area contributed by atoms with E-state index in [4.69, 9.17) is 5.11 Å². The highest BCUT2D eigenvalue weighted by atomic mass is 127. The summed E-state index contributed by atoms with van der Waals surface area (Å²) in [5, 5.41) is 12.3. The molecule has 2 rings (SSSR count). The van der Waals surface area contributed by atoms with Crippen molar-refractivity contribution < 1.29 is 9.90 Å². The number of hydrogen-bond donors (Lipinski definition) is 2. The summed E-state index contributed by atoms with van der Waals surface area (Å²) in [6.45, 7) is 2.92. The van der Waals surface area contributed by atoms with Gasteiger partial charge in [0.25, 0.3) is 0 Å². The van der Waals surface area contributed by atoms with Gasteiger partial charge < -0.3 is 10.4 Å². The van der Waals surface area contributed by atoms with Crippen LogP contribution in [0.4, 0.5) is 5.82 Å². The van der Waals surface area contributed by atoms with Crippen molar-refractivity contribution >= 4 is 34.4 Å². The van der Waals surface area contributed by atoms with Crippen LogP contribution < -0.4 is 5.32 Å². The maximum atomic E-state index is 10.8. The largest absolute Gasteiger partial charge is 0.480 e. The number of aliphatic carboxylic acids is 1. The monoisotopic (exact) mass is 375 g/mol. The number of halogens is 1. The van der Waals surface area contributed by atoms with Gasteiger partial charge in [0, 0.05) is 18.3 Å². The van der Waals surface area contributed by atoms with E-state index in [1.165, 1.54) is 0 Å². The van der Waals surface area contributed by atoms with Crippen LogP contribution in [0.15, 0.2) is 18.3 Å². The molecule has 1 aromatic heterocycles. The predicted octanol–water partition coefficient (Wildman–Crippen LogP) is 2.04. The van der Waals surface area contributed by atoms with Crippen molar-refractivity contribution in [1.29, 1.82) is 0 Å². The Kier molecular flexibility index (Phi) is 4.98. The molecular weight excluding hydrogens is 357 g/mol. The Morgan fingerprint density at radius 2 is 2.37 bits per heavy atom. The quantitative estimate of drug-likeness (QED) is 0.745. The standard InChI is InChI=1S/C13H18IN3O2/c1-2-17(8-12(18)19)10-6-9(7-10)16-13-11(14)4-3-5-15-13/h3-5,9-10H,2,6-8H2,1H3,(H,15,16)(H,18,19). The Morgan fingerprint density at radius 3 is 2.95 bits per heavy atom. The summed E-state index contributed by atoms with van der Waals surface area (Å²) in [6, 6.07) is 4.72. The Labute approximate surface area is 126 Å². The highest BCUT2D eigenvalue weighted by molar-refractivity contribution is 14.1. The molecule has 0 aliphatic heterocycles. The van der Waals surface area contributed by atoms with Gasteiger partial charge in [0.05, 0.1) is 10.1 Å². The number of anilines is 1. The average Bonchev–Trinajstić information content (AvgIpc) is 2.32. The van der Waals surface area contributed by atoms with E-state index >= 15 is 0 Å². The van der Waals surface area contributed by atoms with Crippen LogP contribution >= 0.6 is 22.6 Å². The number of carboxylic acid groups (broad SMARTS) is 1. The maximum Gasteiger partial charge on any atom is 0.317 e. The van der Waals surface area contributed by atoms with Crippen LogP contribution in [0.2, 0.25) is 0 Å². The molecule has 6 heteroatoms. The third-order valence-electron chi connectivity index (χ3n) is 3.47. The smallest absolute Gasteiger partial charge is 0.317 e. The van der Waals surface area contributed by atoms with E-state index in [9.17, 15) is 4.79 Å². The molecule has 0 bridgehead atoms. The average molecular weight is 375 g/mol. The zero-order valence-electron chi connectivity index (χ0n) is 10.8. The Hall–Kier alpha value is -0.890. The second kappa shape index (κ2) is 6.51. The summed E-state index contributed by atoms with van der Waals surface area (Å²) in [5.41, 5.74) is 0. The lowest BCUT2D eigenvalue weighted by atomic mass is 9.85. The topological polar surface area (TPSA) is 65.5 Å². The number of carbonyl (C=O) groups is 1. The van der Waals surface area contributed by atoms with E-state index in [1.807, 2.05) is 24.0 Å². The molecule has 104 valence electrons. The van der Waals surface area contributed by atoms with Gasteiger partial charge in [-0.25, -0.2) is 4.98 Å². The lowest BCUT2D eigenvalue weighted by Crippen LogP contribution is -2.51.